The van der Waals surface area contributed by atoms with Crippen LogP contribution in [0.4, 0.5) is 0 Å². The molecule has 1 unspecified atom stereocenters. The highest BCUT2D eigenvalue weighted by Crippen LogP contribution is 2.19. The van der Waals surface area contributed by atoms with Gasteiger partial charge in [0.25, 0.3) is 0 Å². The molecule has 0 aliphatic carbocycles. The van der Waals surface area contributed by atoms with Crippen molar-refractivity contribution >= 4 is 40.7 Å². The lowest BCUT2D eigenvalue weighted by Crippen LogP contribution is -2.36. The number of fused-ring (bicyclic) bond motifs is 1. The van der Waals surface area contributed by atoms with Gasteiger partial charge in [0.1, 0.15) is 0 Å². The number of hydrogen-bond acceptors (Lipinski definition) is 3. The van der Waals surface area contributed by atoms with Crippen molar-refractivity contribution in [1.82, 2.24) is 10.2 Å². The molecule has 128 valence electrons. The number of aliphatic imine (C=N–C) groups is 1. The quantitative estimate of drug-likeness (QED) is 0.600. The highest BCUT2D eigenvalue weighted by atomic mass is 127. The molecule has 3 nitrogen and oxygen atoms in total. The average molecular weight is 443 g/mol. The minimum atomic E-state index is 0. The standard InChI is InChI=1S/C21H21N3.HI/c1-24(15-16-11-12-17-7-5-6-10-19(17)13-16)21-22-14-20(23-21)18-8-3-2-4-9-18;/h2-13,20H,14-15H2,1H3,(H,22,23);1H. The average Bonchev–Trinajstić information content (AvgIpc) is 3.13. The number of nitrogens with zero attached hydrogens (tertiary/aromatic N) is 2. The number of rotatable bonds is 3. The van der Waals surface area contributed by atoms with E-state index in [0.29, 0.717) is 0 Å². The molecule has 4 rings (SSSR count). The molecule has 0 aromatic heterocycles. The van der Waals surface area contributed by atoms with E-state index in [0.717, 1.165) is 19.0 Å². The normalized spacial score (nSPS) is 16.0. The summed E-state index contributed by atoms with van der Waals surface area (Å²) in [5, 5.41) is 6.11. The summed E-state index contributed by atoms with van der Waals surface area (Å²) in [4.78, 5) is 6.87. The number of hydrogen-bond donors (Lipinski definition) is 1. The molecule has 0 saturated heterocycles. The Morgan fingerprint density at radius 2 is 1.68 bits per heavy atom. The van der Waals surface area contributed by atoms with Gasteiger partial charge in [-0.3, -0.25) is 4.99 Å². The van der Waals surface area contributed by atoms with Gasteiger partial charge in [-0.2, -0.15) is 0 Å². The predicted octanol–water partition coefficient (Wildman–Crippen LogP) is 4.59. The number of halogens is 1. The van der Waals surface area contributed by atoms with Crippen molar-refractivity contribution in [3.8, 4) is 0 Å². The molecular weight excluding hydrogens is 421 g/mol. The first-order chi connectivity index (χ1) is 11.8. The van der Waals surface area contributed by atoms with Gasteiger partial charge in [0, 0.05) is 13.6 Å². The van der Waals surface area contributed by atoms with E-state index < -0.39 is 0 Å². The maximum absolute atomic E-state index is 4.68. The van der Waals surface area contributed by atoms with Gasteiger partial charge in [0.15, 0.2) is 5.96 Å². The molecule has 3 aromatic carbocycles. The number of benzene rings is 3. The third-order valence-corrected chi connectivity index (χ3v) is 4.52. The van der Waals surface area contributed by atoms with Gasteiger partial charge < -0.3 is 10.2 Å². The summed E-state index contributed by atoms with van der Waals surface area (Å²) in [6.07, 6.45) is 0. The molecule has 25 heavy (non-hydrogen) atoms. The molecular formula is C21H22IN3. The molecule has 0 bridgehead atoms. The van der Waals surface area contributed by atoms with Crippen LogP contribution < -0.4 is 5.32 Å². The van der Waals surface area contributed by atoms with Crippen molar-refractivity contribution in [1.29, 1.82) is 0 Å². The second kappa shape index (κ2) is 7.87. The second-order valence-electron chi connectivity index (χ2n) is 6.31. The summed E-state index contributed by atoms with van der Waals surface area (Å²) in [6.45, 7) is 1.64. The fraction of sp³-hybridized carbons (Fsp3) is 0.190. The van der Waals surface area contributed by atoms with Crippen molar-refractivity contribution in [3.05, 3.63) is 83.9 Å². The van der Waals surface area contributed by atoms with Gasteiger partial charge in [-0.05, 0) is 28.0 Å². The van der Waals surface area contributed by atoms with E-state index >= 15 is 0 Å². The summed E-state index contributed by atoms with van der Waals surface area (Å²) in [5.41, 5.74) is 2.58. The highest BCUT2D eigenvalue weighted by molar-refractivity contribution is 14.0. The van der Waals surface area contributed by atoms with Crippen LogP contribution in [0.5, 0.6) is 0 Å². The molecule has 1 aliphatic heterocycles. The van der Waals surface area contributed by atoms with Gasteiger partial charge in [0.2, 0.25) is 0 Å². The molecule has 3 aromatic rings. The Kier molecular flexibility index (Phi) is 5.58. The van der Waals surface area contributed by atoms with Crippen molar-refractivity contribution in [2.75, 3.05) is 13.6 Å². The lowest BCUT2D eigenvalue weighted by molar-refractivity contribution is 0.480. The Morgan fingerprint density at radius 3 is 2.48 bits per heavy atom. The van der Waals surface area contributed by atoms with Crippen LogP contribution in [-0.2, 0) is 6.54 Å². The predicted molar refractivity (Wildman–Crippen MR) is 115 cm³/mol. The van der Waals surface area contributed by atoms with E-state index in [9.17, 15) is 0 Å². The summed E-state index contributed by atoms with van der Waals surface area (Å²) in [7, 11) is 2.09. The first-order valence-electron chi connectivity index (χ1n) is 8.34. The van der Waals surface area contributed by atoms with Crippen LogP contribution in [0, 0.1) is 0 Å². The van der Waals surface area contributed by atoms with Crippen molar-refractivity contribution < 1.29 is 0 Å². The first kappa shape index (κ1) is 17.7. The molecule has 1 atom stereocenters. The van der Waals surface area contributed by atoms with E-state index in [1.54, 1.807) is 0 Å². The third-order valence-electron chi connectivity index (χ3n) is 4.52. The first-order valence-corrected chi connectivity index (χ1v) is 8.34. The van der Waals surface area contributed by atoms with Crippen LogP contribution in [-0.4, -0.2) is 24.5 Å². The van der Waals surface area contributed by atoms with Gasteiger partial charge >= 0.3 is 0 Å². The smallest absolute Gasteiger partial charge is 0.194 e. The molecule has 4 heteroatoms. The van der Waals surface area contributed by atoms with E-state index in [1.165, 1.54) is 21.9 Å². The van der Waals surface area contributed by atoms with Gasteiger partial charge in [-0.25, -0.2) is 0 Å². The number of guanidine groups is 1. The largest absolute Gasteiger partial charge is 0.348 e. The van der Waals surface area contributed by atoms with E-state index in [4.69, 9.17) is 0 Å². The Bertz CT molecular complexity index is 876. The zero-order chi connectivity index (χ0) is 16.4. The van der Waals surface area contributed by atoms with Crippen LogP contribution in [0.1, 0.15) is 17.2 Å². The summed E-state index contributed by atoms with van der Waals surface area (Å²) in [5.74, 6) is 0.969. The van der Waals surface area contributed by atoms with E-state index in [1.807, 2.05) is 6.07 Å². The lowest BCUT2D eigenvalue weighted by atomic mass is 10.1. The van der Waals surface area contributed by atoms with Crippen LogP contribution >= 0.6 is 24.0 Å². The Labute approximate surface area is 165 Å². The fourth-order valence-electron chi connectivity index (χ4n) is 3.22. The zero-order valence-corrected chi connectivity index (χ0v) is 16.6. The third kappa shape index (κ3) is 3.95. The van der Waals surface area contributed by atoms with Crippen LogP contribution in [0.15, 0.2) is 77.8 Å². The Morgan fingerprint density at radius 1 is 0.960 bits per heavy atom. The van der Waals surface area contributed by atoms with Crippen LogP contribution in [0.2, 0.25) is 0 Å². The second-order valence-corrected chi connectivity index (χ2v) is 6.31. The topological polar surface area (TPSA) is 27.6 Å². The molecule has 0 amide bonds. The van der Waals surface area contributed by atoms with E-state index in [2.05, 4.69) is 89.0 Å². The summed E-state index contributed by atoms with van der Waals surface area (Å²) >= 11 is 0. The van der Waals surface area contributed by atoms with Gasteiger partial charge in [-0.15, -0.1) is 24.0 Å². The molecule has 0 fully saturated rings. The van der Waals surface area contributed by atoms with Crippen molar-refractivity contribution in [2.24, 2.45) is 4.99 Å². The SMILES string of the molecule is CN(Cc1ccc2ccccc2c1)C1=NCC(c2ccccc2)N1.I. The minimum Gasteiger partial charge on any atom is -0.348 e. The van der Waals surface area contributed by atoms with Gasteiger partial charge in [-0.1, -0.05) is 66.7 Å². The van der Waals surface area contributed by atoms with E-state index in [-0.39, 0.29) is 30.0 Å². The monoisotopic (exact) mass is 443 g/mol. The lowest BCUT2D eigenvalue weighted by Gasteiger charge is -2.21. The van der Waals surface area contributed by atoms with Crippen LogP contribution in [0.25, 0.3) is 10.8 Å². The fourth-order valence-corrected chi connectivity index (χ4v) is 3.22. The minimum absolute atomic E-state index is 0. The van der Waals surface area contributed by atoms with Crippen LogP contribution in [0.3, 0.4) is 0 Å². The van der Waals surface area contributed by atoms with Gasteiger partial charge in [0.05, 0.1) is 12.6 Å². The highest BCUT2D eigenvalue weighted by Gasteiger charge is 2.21. The Hall–Kier alpha value is -2.08. The zero-order valence-electron chi connectivity index (χ0n) is 14.2. The van der Waals surface area contributed by atoms with Crippen molar-refractivity contribution in [2.45, 2.75) is 12.6 Å². The molecule has 0 spiro atoms. The maximum Gasteiger partial charge on any atom is 0.194 e. The molecule has 0 radical (unpaired) electrons. The summed E-state index contributed by atoms with van der Waals surface area (Å²) < 4.78 is 0. The summed E-state index contributed by atoms with van der Waals surface area (Å²) in [6, 6.07) is 25.9. The van der Waals surface area contributed by atoms with Crippen molar-refractivity contribution in [3.63, 3.8) is 0 Å². The molecule has 1 aliphatic rings. The molecule has 0 saturated carbocycles. The number of nitrogens with one attached hydrogen (secondary N) is 1. The maximum atomic E-state index is 4.68. The Balaban J connectivity index is 0.00000182. The molecule has 1 heterocycles. The molecule has 1 N–H and O–H groups in total.